The van der Waals surface area contributed by atoms with Crippen LogP contribution in [0.1, 0.15) is 51.2 Å². The molecule has 126 valence electrons. The minimum absolute atomic E-state index is 0.249. The van der Waals surface area contributed by atoms with Gasteiger partial charge in [-0.1, -0.05) is 75.2 Å². The van der Waals surface area contributed by atoms with Crippen molar-refractivity contribution in [3.63, 3.8) is 0 Å². The number of anilines is 1. The molecular formula is C22H27NO. The Morgan fingerprint density at radius 3 is 2.25 bits per heavy atom. The molecule has 2 aromatic carbocycles. The molecule has 0 saturated heterocycles. The molecule has 2 heteroatoms. The molecular weight excluding hydrogens is 294 g/mol. The van der Waals surface area contributed by atoms with Gasteiger partial charge in [-0.15, -0.1) is 0 Å². The summed E-state index contributed by atoms with van der Waals surface area (Å²) in [5.74, 6) is 0.836. The monoisotopic (exact) mass is 321 g/mol. The highest BCUT2D eigenvalue weighted by Gasteiger charge is 2.47. The van der Waals surface area contributed by atoms with Crippen LogP contribution in [0, 0.1) is 5.92 Å². The van der Waals surface area contributed by atoms with E-state index in [1.807, 2.05) is 29.2 Å². The van der Waals surface area contributed by atoms with Crippen molar-refractivity contribution in [2.24, 2.45) is 5.92 Å². The van der Waals surface area contributed by atoms with Gasteiger partial charge in [-0.3, -0.25) is 4.79 Å². The lowest BCUT2D eigenvalue weighted by atomic mass is 9.75. The third-order valence-corrected chi connectivity index (χ3v) is 5.54. The summed E-state index contributed by atoms with van der Waals surface area (Å²) in [7, 11) is 0. The molecule has 0 aliphatic carbocycles. The Balaban J connectivity index is 1.97. The molecule has 1 unspecified atom stereocenters. The highest BCUT2D eigenvalue weighted by Crippen LogP contribution is 2.46. The fraction of sp³-hybridized carbons (Fsp3) is 0.409. The summed E-state index contributed by atoms with van der Waals surface area (Å²) in [5, 5.41) is 0. The predicted molar refractivity (Wildman–Crippen MR) is 100 cm³/mol. The molecule has 1 aliphatic heterocycles. The normalized spacial score (nSPS) is 19.8. The van der Waals surface area contributed by atoms with Crippen molar-refractivity contribution in [2.45, 2.75) is 52.0 Å². The Bertz CT molecular complexity index is 705. The molecule has 3 rings (SSSR count). The molecule has 0 N–H and O–H groups in total. The van der Waals surface area contributed by atoms with E-state index in [1.54, 1.807) is 0 Å². The van der Waals surface area contributed by atoms with Crippen LogP contribution in [0.4, 0.5) is 5.69 Å². The van der Waals surface area contributed by atoms with Gasteiger partial charge in [0.2, 0.25) is 5.91 Å². The molecule has 1 atom stereocenters. The van der Waals surface area contributed by atoms with E-state index in [-0.39, 0.29) is 5.91 Å². The van der Waals surface area contributed by atoms with Crippen LogP contribution in [0.5, 0.6) is 0 Å². The van der Waals surface area contributed by atoms with Crippen LogP contribution >= 0.6 is 0 Å². The van der Waals surface area contributed by atoms with Gasteiger partial charge < -0.3 is 4.90 Å². The summed E-state index contributed by atoms with van der Waals surface area (Å²) in [6, 6.07) is 18.6. The van der Waals surface area contributed by atoms with Crippen molar-refractivity contribution < 1.29 is 4.79 Å². The number of fused-ring (bicyclic) bond motifs is 1. The molecule has 1 aliphatic rings. The third kappa shape index (κ3) is 2.86. The molecule has 1 heterocycles. The largest absolute Gasteiger partial charge is 0.307 e. The van der Waals surface area contributed by atoms with E-state index in [2.05, 4.69) is 51.1 Å². The zero-order chi connectivity index (χ0) is 17.2. The van der Waals surface area contributed by atoms with E-state index in [4.69, 9.17) is 0 Å². The minimum atomic E-state index is -0.401. The Kier molecular flexibility index (Phi) is 4.75. The van der Waals surface area contributed by atoms with Crippen LogP contribution < -0.4 is 4.90 Å². The van der Waals surface area contributed by atoms with Gasteiger partial charge in [-0.2, -0.15) is 0 Å². The first-order valence-electron chi connectivity index (χ1n) is 9.05. The van der Waals surface area contributed by atoms with Crippen molar-refractivity contribution in [1.29, 1.82) is 0 Å². The van der Waals surface area contributed by atoms with Gasteiger partial charge in [-0.25, -0.2) is 0 Å². The second-order valence-electron chi connectivity index (χ2n) is 7.11. The predicted octanol–water partition coefficient (Wildman–Crippen LogP) is 5.32. The van der Waals surface area contributed by atoms with Crippen LogP contribution in [0.25, 0.3) is 0 Å². The van der Waals surface area contributed by atoms with Gasteiger partial charge in [0, 0.05) is 5.69 Å². The lowest BCUT2D eigenvalue weighted by Gasteiger charge is -2.28. The Hall–Kier alpha value is -2.09. The number of para-hydroxylation sites is 1. The summed E-state index contributed by atoms with van der Waals surface area (Å²) in [6.45, 7) is 7.24. The van der Waals surface area contributed by atoms with Crippen LogP contribution in [0.15, 0.2) is 54.6 Å². The van der Waals surface area contributed by atoms with E-state index in [0.717, 1.165) is 24.9 Å². The number of benzene rings is 2. The average molecular weight is 321 g/mol. The van der Waals surface area contributed by atoms with E-state index in [1.165, 1.54) is 11.1 Å². The fourth-order valence-corrected chi connectivity index (χ4v) is 3.97. The zero-order valence-corrected chi connectivity index (χ0v) is 15.0. The number of rotatable bonds is 6. The first kappa shape index (κ1) is 16.8. The SMILES string of the molecule is CCC(CC)CC1(C)C(=O)N(Cc2ccccc2)c2ccccc21. The molecule has 2 aromatic rings. The minimum Gasteiger partial charge on any atom is -0.307 e. The maximum Gasteiger partial charge on any atom is 0.237 e. The first-order valence-corrected chi connectivity index (χ1v) is 9.05. The van der Waals surface area contributed by atoms with E-state index < -0.39 is 5.41 Å². The van der Waals surface area contributed by atoms with Gasteiger partial charge in [0.15, 0.2) is 0 Å². The molecule has 24 heavy (non-hydrogen) atoms. The smallest absolute Gasteiger partial charge is 0.237 e. The van der Waals surface area contributed by atoms with Crippen LogP contribution in [-0.2, 0) is 16.8 Å². The summed E-state index contributed by atoms with van der Waals surface area (Å²) >= 11 is 0. The molecule has 0 aromatic heterocycles. The van der Waals surface area contributed by atoms with Crippen molar-refractivity contribution in [3.8, 4) is 0 Å². The van der Waals surface area contributed by atoms with Gasteiger partial charge in [0.1, 0.15) is 0 Å². The number of hydrogen-bond donors (Lipinski definition) is 0. The van der Waals surface area contributed by atoms with E-state index in [0.29, 0.717) is 12.5 Å². The standard InChI is InChI=1S/C22H27NO/c1-4-17(5-2)15-22(3)19-13-9-10-14-20(19)23(21(22)24)16-18-11-7-6-8-12-18/h6-14,17H,4-5,15-16H2,1-3H3. The number of carbonyl (C=O) groups is 1. The Morgan fingerprint density at radius 1 is 0.958 bits per heavy atom. The quantitative estimate of drug-likeness (QED) is 0.705. The number of carbonyl (C=O) groups excluding carboxylic acids is 1. The molecule has 1 amide bonds. The second-order valence-corrected chi connectivity index (χ2v) is 7.11. The van der Waals surface area contributed by atoms with Gasteiger partial charge in [0.05, 0.1) is 12.0 Å². The van der Waals surface area contributed by atoms with Gasteiger partial charge in [0.25, 0.3) is 0 Å². The van der Waals surface area contributed by atoms with Crippen LogP contribution in [-0.4, -0.2) is 5.91 Å². The summed E-state index contributed by atoms with van der Waals surface area (Å²) in [6.07, 6.45) is 3.18. The topological polar surface area (TPSA) is 20.3 Å². The maximum atomic E-state index is 13.4. The van der Waals surface area contributed by atoms with Gasteiger partial charge in [-0.05, 0) is 36.5 Å². The number of nitrogens with zero attached hydrogens (tertiary/aromatic N) is 1. The fourth-order valence-electron chi connectivity index (χ4n) is 3.97. The summed E-state index contributed by atoms with van der Waals surface area (Å²) in [5.41, 5.74) is 3.05. The zero-order valence-electron chi connectivity index (χ0n) is 15.0. The van der Waals surface area contributed by atoms with Crippen molar-refractivity contribution >= 4 is 11.6 Å². The Labute approximate surface area is 145 Å². The lowest BCUT2D eigenvalue weighted by Crippen LogP contribution is -2.39. The van der Waals surface area contributed by atoms with Crippen molar-refractivity contribution in [3.05, 3.63) is 65.7 Å². The molecule has 0 bridgehead atoms. The highest BCUT2D eigenvalue weighted by molar-refractivity contribution is 6.07. The second kappa shape index (κ2) is 6.80. The van der Waals surface area contributed by atoms with Crippen molar-refractivity contribution in [2.75, 3.05) is 4.90 Å². The van der Waals surface area contributed by atoms with E-state index in [9.17, 15) is 4.79 Å². The molecule has 0 fully saturated rings. The van der Waals surface area contributed by atoms with Crippen molar-refractivity contribution in [1.82, 2.24) is 0 Å². The van der Waals surface area contributed by atoms with Crippen LogP contribution in [0.3, 0.4) is 0 Å². The number of hydrogen-bond acceptors (Lipinski definition) is 1. The molecule has 0 radical (unpaired) electrons. The maximum absolute atomic E-state index is 13.4. The summed E-state index contributed by atoms with van der Waals surface area (Å²) < 4.78 is 0. The van der Waals surface area contributed by atoms with Gasteiger partial charge >= 0.3 is 0 Å². The average Bonchev–Trinajstić information content (AvgIpc) is 2.83. The Morgan fingerprint density at radius 2 is 1.58 bits per heavy atom. The van der Waals surface area contributed by atoms with Crippen LogP contribution in [0.2, 0.25) is 0 Å². The molecule has 0 spiro atoms. The summed E-state index contributed by atoms with van der Waals surface area (Å²) in [4.78, 5) is 15.4. The first-order chi connectivity index (χ1) is 11.6. The third-order valence-electron chi connectivity index (χ3n) is 5.54. The number of amides is 1. The molecule has 2 nitrogen and oxygen atoms in total. The lowest BCUT2D eigenvalue weighted by molar-refractivity contribution is -0.123. The van der Waals surface area contributed by atoms with E-state index >= 15 is 0 Å². The molecule has 0 saturated carbocycles. The highest BCUT2D eigenvalue weighted by atomic mass is 16.2.